The lowest BCUT2D eigenvalue weighted by atomic mass is 9.95. The van der Waals surface area contributed by atoms with Crippen molar-refractivity contribution in [3.8, 4) is 11.3 Å². The molecule has 1 saturated heterocycles. The Balaban J connectivity index is 1.72. The van der Waals surface area contributed by atoms with Crippen LogP contribution in [0.3, 0.4) is 0 Å². The molecule has 2 aromatic heterocycles. The molecule has 0 aliphatic carbocycles. The van der Waals surface area contributed by atoms with Crippen LogP contribution in [-0.2, 0) is 4.74 Å². The first-order valence-corrected chi connectivity index (χ1v) is 7.39. The molecule has 3 heterocycles. The summed E-state index contributed by atoms with van der Waals surface area (Å²) in [7, 11) is 1.75. The number of rotatable bonds is 5. The van der Waals surface area contributed by atoms with Gasteiger partial charge in [-0.1, -0.05) is 0 Å². The monoisotopic (exact) mass is 287 g/mol. The number of piperidine rings is 1. The molecule has 2 aromatic rings. The molecule has 6 nitrogen and oxygen atoms in total. The maximum atomic E-state index is 5.17. The van der Waals surface area contributed by atoms with Crippen molar-refractivity contribution >= 4 is 0 Å². The van der Waals surface area contributed by atoms with Crippen LogP contribution in [-0.4, -0.2) is 58.4 Å². The summed E-state index contributed by atoms with van der Waals surface area (Å²) in [4.78, 5) is 11.6. The maximum Gasteiger partial charge on any atom is 0.0920 e. The van der Waals surface area contributed by atoms with E-state index in [9.17, 15) is 0 Å². The van der Waals surface area contributed by atoms with E-state index in [0.717, 1.165) is 43.2 Å². The molecular formula is C15H21N5O. The average molecular weight is 287 g/mol. The van der Waals surface area contributed by atoms with Crippen molar-refractivity contribution in [3.05, 3.63) is 30.5 Å². The van der Waals surface area contributed by atoms with Gasteiger partial charge in [0.2, 0.25) is 0 Å². The van der Waals surface area contributed by atoms with Crippen LogP contribution in [0.1, 0.15) is 24.5 Å². The molecular weight excluding hydrogens is 266 g/mol. The molecule has 0 radical (unpaired) electrons. The zero-order valence-corrected chi connectivity index (χ0v) is 12.3. The highest BCUT2D eigenvalue weighted by Gasteiger charge is 2.22. The first-order valence-electron chi connectivity index (χ1n) is 7.39. The van der Waals surface area contributed by atoms with Crippen LogP contribution in [0, 0.1) is 0 Å². The van der Waals surface area contributed by atoms with Crippen LogP contribution in [0.25, 0.3) is 11.3 Å². The lowest BCUT2D eigenvalue weighted by Gasteiger charge is -2.32. The van der Waals surface area contributed by atoms with Crippen molar-refractivity contribution < 1.29 is 4.74 Å². The van der Waals surface area contributed by atoms with Crippen molar-refractivity contribution in [2.45, 2.75) is 18.8 Å². The fourth-order valence-corrected chi connectivity index (χ4v) is 2.83. The van der Waals surface area contributed by atoms with Crippen molar-refractivity contribution in [3.63, 3.8) is 0 Å². The molecule has 0 saturated carbocycles. The van der Waals surface area contributed by atoms with Gasteiger partial charge in [-0.25, -0.2) is 4.98 Å². The molecule has 1 aliphatic rings. The minimum absolute atomic E-state index is 0.454. The number of aromatic nitrogens is 4. The Bertz CT molecular complexity index is 557. The molecule has 1 fully saturated rings. The quantitative estimate of drug-likeness (QED) is 0.906. The van der Waals surface area contributed by atoms with Gasteiger partial charge < -0.3 is 9.64 Å². The molecule has 0 bridgehead atoms. The van der Waals surface area contributed by atoms with E-state index in [0.29, 0.717) is 5.92 Å². The molecule has 3 rings (SSSR count). The summed E-state index contributed by atoms with van der Waals surface area (Å²) < 4.78 is 5.17. The van der Waals surface area contributed by atoms with E-state index in [2.05, 4.69) is 20.1 Å². The standard InChI is InChI=1S/C15H21N5O/c1-21-6-5-20-4-2-3-12(11-20)14-9-16-10-15(19-14)13-7-17-18-8-13/h7-10,12H,2-6,11H2,1H3,(H,17,18). The molecule has 21 heavy (non-hydrogen) atoms. The highest BCUT2D eigenvalue weighted by atomic mass is 16.5. The van der Waals surface area contributed by atoms with E-state index >= 15 is 0 Å². The number of hydrogen-bond donors (Lipinski definition) is 1. The second-order valence-electron chi connectivity index (χ2n) is 5.45. The predicted octanol–water partition coefficient (Wildman–Crippen LogP) is 1.69. The van der Waals surface area contributed by atoms with Gasteiger partial charge in [-0.3, -0.25) is 10.1 Å². The number of ether oxygens (including phenoxy) is 1. The minimum Gasteiger partial charge on any atom is -0.383 e. The largest absolute Gasteiger partial charge is 0.383 e. The summed E-state index contributed by atoms with van der Waals surface area (Å²) in [5.74, 6) is 0.454. The molecule has 0 spiro atoms. The fraction of sp³-hybridized carbons (Fsp3) is 0.533. The first kappa shape index (κ1) is 14.2. The van der Waals surface area contributed by atoms with Crippen molar-refractivity contribution in [2.75, 3.05) is 33.4 Å². The van der Waals surface area contributed by atoms with E-state index in [-0.39, 0.29) is 0 Å². The van der Waals surface area contributed by atoms with Crippen LogP contribution in [0.15, 0.2) is 24.8 Å². The summed E-state index contributed by atoms with van der Waals surface area (Å²) in [6, 6.07) is 0. The molecule has 1 N–H and O–H groups in total. The van der Waals surface area contributed by atoms with Crippen molar-refractivity contribution in [2.24, 2.45) is 0 Å². The highest BCUT2D eigenvalue weighted by Crippen LogP contribution is 2.26. The van der Waals surface area contributed by atoms with Gasteiger partial charge in [0.05, 0.1) is 30.4 Å². The molecule has 112 valence electrons. The van der Waals surface area contributed by atoms with Gasteiger partial charge in [0.25, 0.3) is 0 Å². The third-order valence-corrected chi connectivity index (χ3v) is 3.98. The van der Waals surface area contributed by atoms with E-state index < -0.39 is 0 Å². The highest BCUT2D eigenvalue weighted by molar-refractivity contribution is 5.55. The Morgan fingerprint density at radius 1 is 1.38 bits per heavy atom. The number of likely N-dealkylation sites (tertiary alicyclic amines) is 1. The predicted molar refractivity (Wildman–Crippen MR) is 79.9 cm³/mol. The van der Waals surface area contributed by atoms with Gasteiger partial charge in [-0.15, -0.1) is 0 Å². The minimum atomic E-state index is 0.454. The smallest absolute Gasteiger partial charge is 0.0920 e. The zero-order chi connectivity index (χ0) is 14.5. The normalized spacial score (nSPS) is 19.8. The van der Waals surface area contributed by atoms with Gasteiger partial charge in [0, 0.05) is 44.1 Å². The topological polar surface area (TPSA) is 66.9 Å². The van der Waals surface area contributed by atoms with Gasteiger partial charge in [0.1, 0.15) is 0 Å². The molecule has 1 aliphatic heterocycles. The Hall–Kier alpha value is -1.79. The molecule has 0 aromatic carbocycles. The van der Waals surface area contributed by atoms with Gasteiger partial charge in [-0.05, 0) is 19.4 Å². The van der Waals surface area contributed by atoms with Gasteiger partial charge in [0.15, 0.2) is 0 Å². The Labute approximate surface area is 124 Å². The average Bonchev–Trinajstić information content (AvgIpc) is 3.08. The second-order valence-corrected chi connectivity index (χ2v) is 5.45. The number of aromatic amines is 1. The molecule has 1 unspecified atom stereocenters. The summed E-state index contributed by atoms with van der Waals surface area (Å²) in [6.45, 7) is 3.96. The third-order valence-electron chi connectivity index (χ3n) is 3.98. The van der Waals surface area contributed by atoms with E-state index in [1.54, 1.807) is 19.5 Å². The number of nitrogens with one attached hydrogen (secondary N) is 1. The molecule has 6 heteroatoms. The van der Waals surface area contributed by atoms with Crippen LogP contribution in [0.5, 0.6) is 0 Å². The van der Waals surface area contributed by atoms with Gasteiger partial charge in [-0.2, -0.15) is 5.10 Å². The Kier molecular flexibility index (Phi) is 4.57. The molecule has 0 amide bonds. The maximum absolute atomic E-state index is 5.17. The van der Waals surface area contributed by atoms with Crippen molar-refractivity contribution in [1.82, 2.24) is 25.1 Å². The number of methoxy groups -OCH3 is 1. The van der Waals surface area contributed by atoms with E-state index in [4.69, 9.17) is 9.72 Å². The van der Waals surface area contributed by atoms with Crippen LogP contribution in [0.4, 0.5) is 0 Å². The Morgan fingerprint density at radius 3 is 3.14 bits per heavy atom. The summed E-state index contributed by atoms with van der Waals surface area (Å²) >= 11 is 0. The van der Waals surface area contributed by atoms with Crippen LogP contribution < -0.4 is 0 Å². The fourth-order valence-electron chi connectivity index (χ4n) is 2.83. The SMILES string of the molecule is COCCN1CCCC(c2cncc(-c3cn[nH]c3)n2)C1. The first-order chi connectivity index (χ1) is 10.4. The molecule has 1 atom stereocenters. The number of H-pyrrole nitrogens is 1. The van der Waals surface area contributed by atoms with Crippen molar-refractivity contribution in [1.29, 1.82) is 0 Å². The third kappa shape index (κ3) is 3.46. The van der Waals surface area contributed by atoms with E-state index in [1.807, 2.05) is 12.4 Å². The summed E-state index contributed by atoms with van der Waals surface area (Å²) in [6.07, 6.45) is 9.69. The van der Waals surface area contributed by atoms with Crippen LogP contribution in [0.2, 0.25) is 0 Å². The number of nitrogens with zero attached hydrogens (tertiary/aromatic N) is 4. The summed E-state index contributed by atoms with van der Waals surface area (Å²) in [5, 5.41) is 6.79. The Morgan fingerprint density at radius 2 is 2.33 bits per heavy atom. The second kappa shape index (κ2) is 6.78. The van der Waals surface area contributed by atoms with Gasteiger partial charge >= 0.3 is 0 Å². The van der Waals surface area contributed by atoms with E-state index in [1.165, 1.54) is 12.8 Å². The van der Waals surface area contributed by atoms with Crippen LogP contribution >= 0.6 is 0 Å². The summed E-state index contributed by atoms with van der Waals surface area (Å²) in [5.41, 5.74) is 2.95. The number of hydrogen-bond acceptors (Lipinski definition) is 5. The lowest BCUT2D eigenvalue weighted by molar-refractivity contribution is 0.127. The zero-order valence-electron chi connectivity index (χ0n) is 12.3. The lowest BCUT2D eigenvalue weighted by Crippen LogP contribution is -2.36.